The molecule has 0 amide bonds. The summed E-state index contributed by atoms with van der Waals surface area (Å²) in [6.45, 7) is 5.71. The predicted octanol–water partition coefficient (Wildman–Crippen LogP) is 2.05. The van der Waals surface area contributed by atoms with Gasteiger partial charge in [0.15, 0.2) is 0 Å². The first-order valence-corrected chi connectivity index (χ1v) is 6.53. The molecule has 1 aliphatic heterocycles. The molecule has 4 heteroatoms. The molecular formula is C13H24O4. The van der Waals surface area contributed by atoms with Gasteiger partial charge in [-0.15, -0.1) is 0 Å². The van der Waals surface area contributed by atoms with E-state index < -0.39 is 11.9 Å². The summed E-state index contributed by atoms with van der Waals surface area (Å²) in [4.78, 5) is 10.9. The molecule has 0 spiro atoms. The SMILES string of the molecule is CCC[C@H](O)[C@H](C)[C@@H]1CC[C@H]([C@H](C)C(=O)O)O1. The molecule has 1 aliphatic rings. The molecule has 0 saturated carbocycles. The average Bonchev–Trinajstić information content (AvgIpc) is 2.76. The van der Waals surface area contributed by atoms with Crippen molar-refractivity contribution in [3.8, 4) is 0 Å². The Bertz CT molecular complexity index is 254. The molecule has 17 heavy (non-hydrogen) atoms. The number of carboxylic acid groups (broad SMARTS) is 1. The van der Waals surface area contributed by atoms with E-state index in [1.807, 2.05) is 13.8 Å². The number of aliphatic hydroxyl groups excluding tert-OH is 1. The van der Waals surface area contributed by atoms with Crippen molar-refractivity contribution < 1.29 is 19.7 Å². The van der Waals surface area contributed by atoms with Crippen LogP contribution in [0.2, 0.25) is 0 Å². The minimum absolute atomic E-state index is 0.00310. The molecule has 1 saturated heterocycles. The van der Waals surface area contributed by atoms with E-state index in [9.17, 15) is 9.90 Å². The van der Waals surface area contributed by atoms with Gasteiger partial charge in [-0.05, 0) is 26.2 Å². The third-order valence-corrected chi connectivity index (χ3v) is 3.81. The molecule has 1 heterocycles. The van der Waals surface area contributed by atoms with Crippen molar-refractivity contribution in [1.82, 2.24) is 0 Å². The highest BCUT2D eigenvalue weighted by molar-refractivity contribution is 5.70. The lowest BCUT2D eigenvalue weighted by atomic mass is 9.93. The highest BCUT2D eigenvalue weighted by Crippen LogP contribution is 2.31. The Balaban J connectivity index is 2.46. The number of aliphatic carboxylic acids is 1. The van der Waals surface area contributed by atoms with Gasteiger partial charge in [0.05, 0.1) is 24.2 Å². The van der Waals surface area contributed by atoms with Gasteiger partial charge in [-0.1, -0.05) is 20.3 Å². The van der Waals surface area contributed by atoms with E-state index in [2.05, 4.69) is 0 Å². The van der Waals surface area contributed by atoms with Crippen molar-refractivity contribution in [3.63, 3.8) is 0 Å². The minimum atomic E-state index is -0.808. The molecule has 0 unspecified atom stereocenters. The molecule has 0 radical (unpaired) electrons. The van der Waals surface area contributed by atoms with Crippen LogP contribution in [0.3, 0.4) is 0 Å². The third kappa shape index (κ3) is 3.68. The van der Waals surface area contributed by atoms with Crippen LogP contribution in [0.15, 0.2) is 0 Å². The van der Waals surface area contributed by atoms with Crippen LogP contribution in [0.1, 0.15) is 46.5 Å². The molecule has 5 atom stereocenters. The lowest BCUT2D eigenvalue weighted by Gasteiger charge is -2.25. The van der Waals surface area contributed by atoms with Crippen LogP contribution in [0, 0.1) is 11.8 Å². The predicted molar refractivity (Wildman–Crippen MR) is 64.8 cm³/mol. The second-order valence-corrected chi connectivity index (χ2v) is 5.13. The summed E-state index contributed by atoms with van der Waals surface area (Å²) in [7, 11) is 0. The highest BCUT2D eigenvalue weighted by atomic mass is 16.5. The summed E-state index contributed by atoms with van der Waals surface area (Å²) in [5, 5.41) is 18.8. The first-order valence-electron chi connectivity index (χ1n) is 6.53. The quantitative estimate of drug-likeness (QED) is 0.750. The third-order valence-electron chi connectivity index (χ3n) is 3.81. The van der Waals surface area contributed by atoms with Crippen molar-refractivity contribution >= 4 is 5.97 Å². The number of hydrogen-bond acceptors (Lipinski definition) is 3. The van der Waals surface area contributed by atoms with E-state index in [1.54, 1.807) is 6.92 Å². The van der Waals surface area contributed by atoms with E-state index in [4.69, 9.17) is 9.84 Å². The summed E-state index contributed by atoms with van der Waals surface area (Å²) >= 11 is 0. The van der Waals surface area contributed by atoms with Crippen molar-refractivity contribution in [2.45, 2.75) is 64.8 Å². The molecule has 1 rings (SSSR count). The first kappa shape index (κ1) is 14.5. The maximum Gasteiger partial charge on any atom is 0.308 e. The molecular weight excluding hydrogens is 220 g/mol. The van der Waals surface area contributed by atoms with Gasteiger partial charge >= 0.3 is 5.97 Å². The van der Waals surface area contributed by atoms with Crippen molar-refractivity contribution in [2.24, 2.45) is 11.8 Å². The van der Waals surface area contributed by atoms with E-state index in [0.717, 1.165) is 25.7 Å². The van der Waals surface area contributed by atoms with Gasteiger partial charge in [0.1, 0.15) is 0 Å². The van der Waals surface area contributed by atoms with Crippen LogP contribution in [-0.2, 0) is 9.53 Å². The van der Waals surface area contributed by atoms with Gasteiger partial charge in [-0.25, -0.2) is 0 Å². The van der Waals surface area contributed by atoms with Gasteiger partial charge in [0, 0.05) is 5.92 Å². The number of rotatable bonds is 6. The Morgan fingerprint density at radius 1 is 1.35 bits per heavy atom. The number of carbonyl (C=O) groups is 1. The monoisotopic (exact) mass is 244 g/mol. The smallest absolute Gasteiger partial charge is 0.308 e. The average molecular weight is 244 g/mol. The van der Waals surface area contributed by atoms with Gasteiger partial charge in [-0.3, -0.25) is 4.79 Å². The summed E-state index contributed by atoms with van der Waals surface area (Å²) in [5.41, 5.74) is 0. The molecule has 0 aromatic carbocycles. The number of carboxylic acids is 1. The van der Waals surface area contributed by atoms with E-state index >= 15 is 0 Å². The highest BCUT2D eigenvalue weighted by Gasteiger charge is 2.36. The largest absolute Gasteiger partial charge is 0.481 e. The first-order chi connectivity index (χ1) is 7.97. The van der Waals surface area contributed by atoms with Crippen LogP contribution in [0.25, 0.3) is 0 Å². The van der Waals surface area contributed by atoms with E-state index in [0.29, 0.717) is 0 Å². The van der Waals surface area contributed by atoms with Crippen LogP contribution in [-0.4, -0.2) is 34.5 Å². The van der Waals surface area contributed by atoms with Crippen LogP contribution >= 0.6 is 0 Å². The van der Waals surface area contributed by atoms with Gasteiger partial charge in [0.2, 0.25) is 0 Å². The number of hydrogen-bond donors (Lipinski definition) is 2. The number of ether oxygens (including phenoxy) is 1. The Hall–Kier alpha value is -0.610. The zero-order valence-corrected chi connectivity index (χ0v) is 10.9. The molecule has 0 aromatic rings. The molecule has 100 valence electrons. The zero-order chi connectivity index (χ0) is 13.0. The molecule has 2 N–H and O–H groups in total. The lowest BCUT2D eigenvalue weighted by molar-refractivity contribution is -0.147. The Kier molecular flexibility index (Phi) is 5.40. The van der Waals surface area contributed by atoms with Gasteiger partial charge in [-0.2, -0.15) is 0 Å². The Morgan fingerprint density at radius 3 is 2.47 bits per heavy atom. The molecule has 0 bridgehead atoms. The zero-order valence-electron chi connectivity index (χ0n) is 10.9. The standard InChI is InChI=1S/C13H24O4/c1-4-5-10(14)8(2)11-6-7-12(17-11)9(3)13(15)16/h8-12,14H,4-7H2,1-3H3,(H,15,16)/t8-,9-,10-,11-,12+/m0/s1. The van der Waals surface area contributed by atoms with Crippen molar-refractivity contribution in [3.05, 3.63) is 0 Å². The van der Waals surface area contributed by atoms with Gasteiger partial charge < -0.3 is 14.9 Å². The maximum atomic E-state index is 10.9. The Morgan fingerprint density at radius 2 is 1.94 bits per heavy atom. The molecule has 1 fully saturated rings. The summed E-state index contributed by atoms with van der Waals surface area (Å²) in [5.74, 6) is -1.19. The normalized spacial score (nSPS) is 29.9. The molecule has 4 nitrogen and oxygen atoms in total. The van der Waals surface area contributed by atoms with Crippen LogP contribution in [0.5, 0.6) is 0 Å². The van der Waals surface area contributed by atoms with Crippen molar-refractivity contribution in [2.75, 3.05) is 0 Å². The second-order valence-electron chi connectivity index (χ2n) is 5.13. The van der Waals surface area contributed by atoms with E-state index in [1.165, 1.54) is 0 Å². The summed E-state index contributed by atoms with van der Waals surface area (Å²) in [6, 6.07) is 0. The second kappa shape index (κ2) is 6.36. The molecule has 0 aliphatic carbocycles. The summed E-state index contributed by atoms with van der Waals surface area (Å²) < 4.78 is 5.77. The van der Waals surface area contributed by atoms with E-state index in [-0.39, 0.29) is 24.2 Å². The maximum absolute atomic E-state index is 10.9. The van der Waals surface area contributed by atoms with Crippen LogP contribution < -0.4 is 0 Å². The fourth-order valence-electron chi connectivity index (χ4n) is 2.41. The summed E-state index contributed by atoms with van der Waals surface area (Å²) in [6.07, 6.45) is 2.82. The molecule has 0 aromatic heterocycles. The van der Waals surface area contributed by atoms with Crippen molar-refractivity contribution in [1.29, 1.82) is 0 Å². The fraction of sp³-hybridized carbons (Fsp3) is 0.923. The fourth-order valence-corrected chi connectivity index (χ4v) is 2.41. The van der Waals surface area contributed by atoms with Crippen LogP contribution in [0.4, 0.5) is 0 Å². The minimum Gasteiger partial charge on any atom is -0.481 e. The Labute approximate surface area is 103 Å². The number of aliphatic hydroxyl groups is 1. The topological polar surface area (TPSA) is 66.8 Å². The lowest BCUT2D eigenvalue weighted by Crippen LogP contribution is -2.32. The van der Waals surface area contributed by atoms with Gasteiger partial charge in [0.25, 0.3) is 0 Å².